The van der Waals surface area contributed by atoms with Crippen LogP contribution in [0.5, 0.6) is 0 Å². The Morgan fingerprint density at radius 1 is 1.24 bits per heavy atom. The predicted molar refractivity (Wildman–Crippen MR) is 137 cm³/mol. The molecule has 0 radical (unpaired) electrons. The zero-order valence-corrected chi connectivity index (χ0v) is 20.8. The van der Waals surface area contributed by atoms with E-state index in [9.17, 15) is 14.4 Å². The lowest BCUT2D eigenvalue weighted by Crippen LogP contribution is -2.27. The van der Waals surface area contributed by atoms with Crippen molar-refractivity contribution in [1.29, 1.82) is 0 Å². The Hall–Kier alpha value is -2.65. The molecule has 2 aromatic heterocycles. The number of rotatable bonds is 6. The van der Waals surface area contributed by atoms with Gasteiger partial charge in [-0.05, 0) is 55.7 Å². The molecule has 178 valence electrons. The number of hydrogen-bond acceptors (Lipinski definition) is 6. The number of carbonyl (C=O) groups is 2. The average molecular weight is 497 g/mol. The number of aromatic nitrogens is 2. The van der Waals surface area contributed by atoms with Crippen molar-refractivity contribution in [3.8, 4) is 0 Å². The van der Waals surface area contributed by atoms with E-state index < -0.39 is 5.91 Å². The van der Waals surface area contributed by atoms with Crippen LogP contribution in [-0.4, -0.2) is 27.1 Å². The lowest BCUT2D eigenvalue weighted by Gasteiger charge is -2.18. The van der Waals surface area contributed by atoms with E-state index in [0.717, 1.165) is 55.4 Å². The number of primary amides is 1. The first-order valence-corrected chi connectivity index (χ1v) is 13.6. The minimum Gasteiger partial charge on any atom is -0.365 e. The van der Waals surface area contributed by atoms with Gasteiger partial charge in [0.2, 0.25) is 5.91 Å². The molecule has 3 N–H and O–H groups in total. The van der Waals surface area contributed by atoms with Gasteiger partial charge in [-0.15, -0.1) is 11.3 Å². The number of thiophene rings is 1. The summed E-state index contributed by atoms with van der Waals surface area (Å²) in [6, 6.07) is 7.46. The Morgan fingerprint density at radius 2 is 2.00 bits per heavy atom. The summed E-state index contributed by atoms with van der Waals surface area (Å²) in [6.07, 6.45) is 6.80. The van der Waals surface area contributed by atoms with Crippen molar-refractivity contribution >= 4 is 50.8 Å². The van der Waals surface area contributed by atoms with Crippen LogP contribution in [0.1, 0.15) is 65.9 Å². The van der Waals surface area contributed by atoms with Gasteiger partial charge in [-0.25, -0.2) is 4.98 Å². The molecule has 0 spiro atoms. The number of amides is 2. The van der Waals surface area contributed by atoms with Gasteiger partial charge in [-0.2, -0.15) is 0 Å². The Bertz CT molecular complexity index is 1320. The first-order chi connectivity index (χ1) is 16.4. The molecule has 1 fully saturated rings. The summed E-state index contributed by atoms with van der Waals surface area (Å²) >= 11 is 2.73. The lowest BCUT2D eigenvalue weighted by atomic mass is 9.88. The minimum atomic E-state index is -0.499. The Balaban J connectivity index is 1.39. The van der Waals surface area contributed by atoms with E-state index in [2.05, 4.69) is 12.2 Å². The maximum Gasteiger partial charge on any atom is 0.262 e. The fourth-order valence-corrected chi connectivity index (χ4v) is 7.40. The van der Waals surface area contributed by atoms with Gasteiger partial charge in [0.1, 0.15) is 5.00 Å². The molecule has 1 atom stereocenters. The predicted octanol–water partition coefficient (Wildman–Crippen LogP) is 4.53. The van der Waals surface area contributed by atoms with Crippen molar-refractivity contribution in [3.05, 3.63) is 50.6 Å². The number of nitrogens with zero attached hydrogens (tertiary/aromatic N) is 2. The molecule has 34 heavy (non-hydrogen) atoms. The van der Waals surface area contributed by atoms with E-state index in [0.29, 0.717) is 32.5 Å². The molecular formula is C25H28N4O3S2. The Kier molecular flexibility index (Phi) is 6.48. The summed E-state index contributed by atoms with van der Waals surface area (Å²) < 4.78 is 1.79. The van der Waals surface area contributed by atoms with Crippen molar-refractivity contribution in [2.45, 2.75) is 63.1 Å². The summed E-state index contributed by atoms with van der Waals surface area (Å²) in [6.45, 7) is 2.20. The molecule has 9 heteroatoms. The average Bonchev–Trinajstić information content (AvgIpc) is 3.45. The topological polar surface area (TPSA) is 107 Å². The minimum absolute atomic E-state index is 0.0449. The van der Waals surface area contributed by atoms with Crippen molar-refractivity contribution in [2.24, 2.45) is 11.7 Å². The van der Waals surface area contributed by atoms with Gasteiger partial charge in [0, 0.05) is 10.9 Å². The molecule has 1 unspecified atom stereocenters. The first kappa shape index (κ1) is 23.1. The second-order valence-electron chi connectivity index (χ2n) is 9.28. The fraction of sp³-hybridized carbons (Fsp3) is 0.440. The highest BCUT2D eigenvalue weighted by Crippen LogP contribution is 2.39. The largest absolute Gasteiger partial charge is 0.365 e. The second-order valence-corrected chi connectivity index (χ2v) is 11.3. The number of anilines is 1. The number of nitrogens with two attached hydrogens (primary N) is 1. The van der Waals surface area contributed by atoms with Crippen molar-refractivity contribution < 1.29 is 9.59 Å². The number of nitrogens with one attached hydrogen (secondary N) is 1. The monoisotopic (exact) mass is 496 g/mol. The fourth-order valence-electron chi connectivity index (χ4n) is 5.10. The maximum atomic E-state index is 13.3. The van der Waals surface area contributed by atoms with Crippen LogP contribution in [0.25, 0.3) is 10.9 Å². The number of thioether (sulfide) groups is 1. The Morgan fingerprint density at radius 3 is 2.76 bits per heavy atom. The molecule has 2 heterocycles. The number of carbonyl (C=O) groups excluding carboxylic acids is 2. The van der Waals surface area contributed by atoms with Crippen LogP contribution in [-0.2, 0) is 17.6 Å². The van der Waals surface area contributed by atoms with Gasteiger partial charge >= 0.3 is 0 Å². The van der Waals surface area contributed by atoms with Crippen molar-refractivity contribution in [3.63, 3.8) is 0 Å². The van der Waals surface area contributed by atoms with Crippen LogP contribution in [0.15, 0.2) is 34.2 Å². The van der Waals surface area contributed by atoms with Gasteiger partial charge in [-0.3, -0.25) is 19.0 Å². The highest BCUT2D eigenvalue weighted by molar-refractivity contribution is 7.99. The first-order valence-electron chi connectivity index (χ1n) is 11.8. The molecule has 2 amide bonds. The van der Waals surface area contributed by atoms with E-state index in [1.54, 1.807) is 4.57 Å². The molecule has 3 aromatic rings. The van der Waals surface area contributed by atoms with Gasteiger partial charge < -0.3 is 11.1 Å². The molecule has 0 saturated heterocycles. The third-order valence-corrected chi connectivity index (χ3v) is 8.93. The summed E-state index contributed by atoms with van der Waals surface area (Å²) in [4.78, 5) is 44.3. The van der Waals surface area contributed by atoms with Crippen LogP contribution >= 0.6 is 23.1 Å². The molecule has 0 bridgehead atoms. The van der Waals surface area contributed by atoms with Crippen molar-refractivity contribution in [1.82, 2.24) is 9.55 Å². The van der Waals surface area contributed by atoms with E-state index in [-0.39, 0.29) is 23.3 Å². The van der Waals surface area contributed by atoms with Gasteiger partial charge in [-0.1, -0.05) is 43.7 Å². The molecule has 2 aliphatic rings. The van der Waals surface area contributed by atoms with E-state index in [1.807, 2.05) is 24.3 Å². The second kappa shape index (κ2) is 9.54. The SMILES string of the molecule is CC1CCc2c(sc(NC(=O)CSc3nc4ccccc4c(=O)n3C3CCCC3)c2C(N)=O)C1. The molecule has 0 aliphatic heterocycles. The standard InChI is InChI=1S/C25H28N4O3S2/c1-14-10-11-17-19(12-14)34-23(21(17)22(26)31)28-20(30)13-33-25-27-18-9-5-4-8-16(18)24(32)29(25)15-6-2-3-7-15/h4-5,8-9,14-15H,2-3,6-7,10-13H2,1H3,(H2,26,31)(H,28,30). The van der Waals surface area contributed by atoms with Crippen LogP contribution in [0, 0.1) is 5.92 Å². The quantitative estimate of drug-likeness (QED) is 0.385. The summed E-state index contributed by atoms with van der Waals surface area (Å²) in [7, 11) is 0. The third-order valence-electron chi connectivity index (χ3n) is 6.81. The van der Waals surface area contributed by atoms with Crippen LogP contribution in [0.3, 0.4) is 0 Å². The molecule has 5 rings (SSSR count). The number of para-hydroxylation sites is 1. The number of hydrogen-bond donors (Lipinski definition) is 2. The highest BCUT2D eigenvalue weighted by atomic mass is 32.2. The number of fused-ring (bicyclic) bond motifs is 2. The summed E-state index contributed by atoms with van der Waals surface area (Å²) in [5.74, 6) is -0.0904. The highest BCUT2D eigenvalue weighted by Gasteiger charge is 2.28. The van der Waals surface area contributed by atoms with E-state index >= 15 is 0 Å². The third kappa shape index (κ3) is 4.38. The smallest absolute Gasteiger partial charge is 0.262 e. The van der Waals surface area contributed by atoms with Crippen LogP contribution in [0.4, 0.5) is 5.00 Å². The van der Waals surface area contributed by atoms with Crippen molar-refractivity contribution in [2.75, 3.05) is 11.1 Å². The van der Waals surface area contributed by atoms with E-state index in [1.165, 1.54) is 23.1 Å². The normalized spacial score (nSPS) is 18.2. The molecular weight excluding hydrogens is 468 g/mol. The molecule has 1 aromatic carbocycles. The molecule has 7 nitrogen and oxygen atoms in total. The maximum absolute atomic E-state index is 13.3. The van der Waals surface area contributed by atoms with Crippen LogP contribution < -0.4 is 16.6 Å². The van der Waals surface area contributed by atoms with Gasteiger partial charge in [0.15, 0.2) is 5.16 Å². The number of benzene rings is 1. The molecule has 1 saturated carbocycles. The molecule has 2 aliphatic carbocycles. The summed E-state index contributed by atoms with van der Waals surface area (Å²) in [5.41, 5.74) is 7.72. The zero-order valence-electron chi connectivity index (χ0n) is 19.1. The van der Waals surface area contributed by atoms with E-state index in [4.69, 9.17) is 10.7 Å². The van der Waals surface area contributed by atoms with Gasteiger partial charge in [0.25, 0.3) is 11.5 Å². The Labute approximate surface area is 206 Å². The van der Waals surface area contributed by atoms with Crippen LogP contribution in [0.2, 0.25) is 0 Å². The van der Waals surface area contributed by atoms with Gasteiger partial charge in [0.05, 0.1) is 22.2 Å². The summed E-state index contributed by atoms with van der Waals surface area (Å²) in [5, 5.41) is 4.63. The lowest BCUT2D eigenvalue weighted by molar-refractivity contribution is -0.113. The zero-order chi connectivity index (χ0) is 23.8.